The molecule has 0 saturated heterocycles. The van der Waals surface area contributed by atoms with E-state index in [0.29, 0.717) is 0 Å². The minimum atomic E-state index is -0.269. The Morgan fingerprint density at radius 3 is 2.93 bits per heavy atom. The van der Waals surface area contributed by atoms with Crippen molar-refractivity contribution in [1.82, 2.24) is 0 Å². The molecule has 1 aromatic heterocycles. The predicted molar refractivity (Wildman–Crippen MR) is 58.8 cm³/mol. The van der Waals surface area contributed by atoms with Gasteiger partial charge in [-0.15, -0.1) is 11.3 Å². The Kier molecular flexibility index (Phi) is 1.96. The van der Waals surface area contributed by atoms with Crippen LogP contribution in [0.15, 0.2) is 6.07 Å². The van der Waals surface area contributed by atoms with Gasteiger partial charge in [-0.25, -0.2) is 0 Å². The summed E-state index contributed by atoms with van der Waals surface area (Å²) in [5.41, 5.74) is 1.32. The van der Waals surface area contributed by atoms with Crippen molar-refractivity contribution < 1.29 is 5.11 Å². The summed E-state index contributed by atoms with van der Waals surface area (Å²) in [6, 6.07) is 2.37. The molecule has 1 aromatic rings. The van der Waals surface area contributed by atoms with Gasteiger partial charge in [-0.1, -0.05) is 0 Å². The van der Waals surface area contributed by atoms with E-state index in [9.17, 15) is 5.11 Å². The number of aryl methyl sites for hydroxylation is 3. The van der Waals surface area contributed by atoms with E-state index in [1.807, 2.05) is 11.3 Å². The highest BCUT2D eigenvalue weighted by molar-refractivity contribution is 7.12. The normalized spacial score (nSPS) is 22.4. The van der Waals surface area contributed by atoms with E-state index >= 15 is 0 Å². The zero-order valence-corrected chi connectivity index (χ0v) is 9.20. The first-order valence-electron chi connectivity index (χ1n) is 5.58. The van der Waals surface area contributed by atoms with Crippen molar-refractivity contribution in [3.8, 4) is 0 Å². The standard InChI is InChI=1S/C12H16OS/c13-12(6-7-12)5-4-10-8-9-2-1-3-11(9)14-10/h8,13H,1-7H2. The Bertz CT molecular complexity index is 328. The van der Waals surface area contributed by atoms with Crippen molar-refractivity contribution in [2.75, 3.05) is 0 Å². The summed E-state index contributed by atoms with van der Waals surface area (Å²) < 4.78 is 0. The van der Waals surface area contributed by atoms with Crippen molar-refractivity contribution in [3.05, 3.63) is 21.4 Å². The van der Waals surface area contributed by atoms with Crippen molar-refractivity contribution in [1.29, 1.82) is 0 Å². The molecule has 0 radical (unpaired) electrons. The van der Waals surface area contributed by atoms with E-state index in [-0.39, 0.29) is 5.60 Å². The van der Waals surface area contributed by atoms with Crippen LogP contribution < -0.4 is 0 Å². The Hall–Kier alpha value is -0.340. The molecule has 2 aliphatic carbocycles. The third kappa shape index (κ3) is 1.61. The Labute approximate surface area is 88.8 Å². The number of thiophene rings is 1. The second-order valence-corrected chi connectivity index (χ2v) is 5.96. The number of rotatable bonds is 3. The van der Waals surface area contributed by atoms with Gasteiger partial charge in [0.1, 0.15) is 0 Å². The van der Waals surface area contributed by atoms with E-state index in [1.54, 1.807) is 10.4 Å². The smallest absolute Gasteiger partial charge is 0.0653 e. The molecule has 0 atom stereocenters. The molecule has 76 valence electrons. The Balaban J connectivity index is 1.66. The fourth-order valence-electron chi connectivity index (χ4n) is 2.26. The molecule has 1 nitrogen and oxygen atoms in total. The van der Waals surface area contributed by atoms with E-state index in [4.69, 9.17) is 0 Å². The Morgan fingerprint density at radius 1 is 1.36 bits per heavy atom. The molecule has 0 aliphatic heterocycles. The van der Waals surface area contributed by atoms with Gasteiger partial charge in [0.2, 0.25) is 0 Å². The van der Waals surface area contributed by atoms with Crippen LogP contribution in [0.1, 0.15) is 41.0 Å². The molecule has 2 aliphatic rings. The maximum Gasteiger partial charge on any atom is 0.0653 e. The maximum atomic E-state index is 9.74. The third-order valence-corrected chi connectivity index (χ3v) is 4.76. The second kappa shape index (κ2) is 3.07. The van der Waals surface area contributed by atoms with Gasteiger partial charge in [0.05, 0.1) is 5.60 Å². The van der Waals surface area contributed by atoms with E-state index < -0.39 is 0 Å². The molecule has 3 rings (SSSR count). The average Bonchev–Trinajstić information content (AvgIpc) is 2.61. The van der Waals surface area contributed by atoms with Gasteiger partial charge in [0.25, 0.3) is 0 Å². The molecule has 14 heavy (non-hydrogen) atoms. The molecule has 2 heteroatoms. The van der Waals surface area contributed by atoms with Crippen LogP contribution in [0, 0.1) is 0 Å². The predicted octanol–water partition coefficient (Wildman–Crippen LogP) is 2.69. The maximum absolute atomic E-state index is 9.74. The Morgan fingerprint density at radius 2 is 2.21 bits per heavy atom. The monoisotopic (exact) mass is 208 g/mol. The molecular formula is C12H16OS. The summed E-state index contributed by atoms with van der Waals surface area (Å²) in [6.45, 7) is 0. The third-order valence-electron chi connectivity index (χ3n) is 3.46. The van der Waals surface area contributed by atoms with E-state index in [2.05, 4.69) is 6.07 Å². The van der Waals surface area contributed by atoms with Crippen LogP contribution >= 0.6 is 11.3 Å². The van der Waals surface area contributed by atoms with Crippen molar-refractivity contribution in [2.45, 2.75) is 50.5 Å². The van der Waals surface area contributed by atoms with Gasteiger partial charge in [-0.2, -0.15) is 0 Å². The summed E-state index contributed by atoms with van der Waals surface area (Å²) in [6.07, 6.45) is 8.06. The van der Waals surface area contributed by atoms with Gasteiger partial charge in [-0.3, -0.25) is 0 Å². The molecule has 1 N–H and O–H groups in total. The van der Waals surface area contributed by atoms with Gasteiger partial charge in [0, 0.05) is 9.75 Å². The van der Waals surface area contributed by atoms with Crippen LogP contribution in [-0.4, -0.2) is 10.7 Å². The van der Waals surface area contributed by atoms with Gasteiger partial charge < -0.3 is 5.11 Å². The first kappa shape index (κ1) is 8.93. The number of aliphatic hydroxyl groups is 1. The van der Waals surface area contributed by atoms with Crippen LogP contribution in [0.4, 0.5) is 0 Å². The van der Waals surface area contributed by atoms with Crippen molar-refractivity contribution >= 4 is 11.3 Å². The molecule has 1 heterocycles. The highest BCUT2D eigenvalue weighted by Crippen LogP contribution is 2.40. The van der Waals surface area contributed by atoms with Crippen LogP contribution in [-0.2, 0) is 19.3 Å². The van der Waals surface area contributed by atoms with Crippen LogP contribution in [0.2, 0.25) is 0 Å². The fourth-order valence-corrected chi connectivity index (χ4v) is 3.52. The quantitative estimate of drug-likeness (QED) is 0.809. The molecule has 1 fully saturated rings. The molecule has 0 unspecified atom stereocenters. The summed E-state index contributed by atoms with van der Waals surface area (Å²) in [7, 11) is 0. The SMILES string of the molecule is OC1(CCc2cc3c(s2)CCC3)CC1. The first-order valence-corrected chi connectivity index (χ1v) is 6.40. The second-order valence-electron chi connectivity index (χ2n) is 4.74. The van der Waals surface area contributed by atoms with Crippen LogP contribution in [0.3, 0.4) is 0 Å². The summed E-state index contributed by atoms with van der Waals surface area (Å²) >= 11 is 1.98. The number of hydrogen-bond donors (Lipinski definition) is 1. The number of fused-ring (bicyclic) bond motifs is 1. The highest BCUT2D eigenvalue weighted by Gasteiger charge is 2.39. The zero-order chi connectivity index (χ0) is 9.60. The number of hydrogen-bond acceptors (Lipinski definition) is 2. The van der Waals surface area contributed by atoms with Gasteiger partial charge in [-0.05, 0) is 56.6 Å². The lowest BCUT2D eigenvalue weighted by Gasteiger charge is -2.04. The van der Waals surface area contributed by atoms with Crippen molar-refractivity contribution in [3.63, 3.8) is 0 Å². The lowest BCUT2D eigenvalue weighted by atomic mass is 10.1. The fraction of sp³-hybridized carbons (Fsp3) is 0.667. The summed E-state index contributed by atoms with van der Waals surface area (Å²) in [5.74, 6) is 0. The van der Waals surface area contributed by atoms with Crippen LogP contribution in [0.25, 0.3) is 0 Å². The van der Waals surface area contributed by atoms with Gasteiger partial charge >= 0.3 is 0 Å². The average molecular weight is 208 g/mol. The first-order chi connectivity index (χ1) is 6.75. The molecule has 0 bridgehead atoms. The highest BCUT2D eigenvalue weighted by atomic mass is 32.1. The lowest BCUT2D eigenvalue weighted by Crippen LogP contribution is -2.06. The molecule has 0 amide bonds. The lowest BCUT2D eigenvalue weighted by molar-refractivity contribution is 0.141. The van der Waals surface area contributed by atoms with Crippen LogP contribution in [0.5, 0.6) is 0 Å². The van der Waals surface area contributed by atoms with Crippen molar-refractivity contribution in [2.24, 2.45) is 0 Å². The summed E-state index contributed by atoms with van der Waals surface area (Å²) in [4.78, 5) is 3.11. The molecular weight excluding hydrogens is 192 g/mol. The molecule has 1 saturated carbocycles. The van der Waals surface area contributed by atoms with E-state index in [1.165, 1.54) is 24.1 Å². The minimum absolute atomic E-state index is 0.269. The minimum Gasteiger partial charge on any atom is -0.390 e. The van der Waals surface area contributed by atoms with Gasteiger partial charge in [0.15, 0.2) is 0 Å². The van der Waals surface area contributed by atoms with E-state index in [0.717, 1.165) is 25.7 Å². The zero-order valence-electron chi connectivity index (χ0n) is 8.38. The molecule has 0 aromatic carbocycles. The largest absolute Gasteiger partial charge is 0.390 e. The topological polar surface area (TPSA) is 20.2 Å². The molecule has 0 spiro atoms. The summed E-state index contributed by atoms with van der Waals surface area (Å²) in [5, 5.41) is 9.74.